The van der Waals surface area contributed by atoms with Crippen LogP contribution < -0.4 is 10.9 Å². The van der Waals surface area contributed by atoms with Gasteiger partial charge in [0, 0.05) is 23.6 Å². The number of hydrogen-bond acceptors (Lipinski definition) is 3. The fraction of sp³-hybridized carbons (Fsp3) is 0.316. The fourth-order valence-corrected chi connectivity index (χ4v) is 3.68. The second-order valence-corrected chi connectivity index (χ2v) is 7.38. The molecule has 0 aliphatic heterocycles. The van der Waals surface area contributed by atoms with Crippen molar-refractivity contribution in [1.29, 1.82) is 0 Å². The summed E-state index contributed by atoms with van der Waals surface area (Å²) in [4.78, 5) is 25.2. The van der Waals surface area contributed by atoms with Gasteiger partial charge in [-0.1, -0.05) is 18.5 Å². The molecule has 0 fully saturated rings. The van der Waals surface area contributed by atoms with Crippen molar-refractivity contribution in [2.75, 3.05) is 5.32 Å². The van der Waals surface area contributed by atoms with Crippen LogP contribution in [0.25, 0.3) is 5.52 Å². The maximum Gasteiger partial charge on any atom is 0.277 e. The Morgan fingerprint density at radius 3 is 3.00 bits per heavy atom. The number of carbonyl (C=O) groups excluding carboxylic acids is 1. The topological polar surface area (TPSA) is 68.4 Å². The van der Waals surface area contributed by atoms with Crippen LogP contribution in [0.1, 0.15) is 24.6 Å². The molecule has 1 aliphatic carbocycles. The van der Waals surface area contributed by atoms with E-state index in [4.69, 9.17) is 11.6 Å². The maximum absolute atomic E-state index is 13.2. The molecule has 140 valence electrons. The van der Waals surface area contributed by atoms with Crippen molar-refractivity contribution in [3.05, 3.63) is 63.0 Å². The zero-order chi connectivity index (χ0) is 19.1. The van der Waals surface area contributed by atoms with E-state index in [1.165, 1.54) is 22.8 Å². The molecule has 27 heavy (non-hydrogen) atoms. The quantitative estimate of drug-likeness (QED) is 0.749. The first kappa shape index (κ1) is 17.7. The summed E-state index contributed by atoms with van der Waals surface area (Å²) < 4.78 is 16.2. The number of amides is 1. The van der Waals surface area contributed by atoms with Crippen LogP contribution in [0.5, 0.6) is 0 Å². The lowest BCUT2D eigenvalue weighted by Crippen LogP contribution is -2.28. The fourth-order valence-electron chi connectivity index (χ4n) is 3.50. The lowest BCUT2D eigenvalue weighted by atomic mass is 9.88. The molecule has 0 saturated carbocycles. The number of nitrogens with one attached hydrogen (secondary N) is 1. The third-order valence-electron chi connectivity index (χ3n) is 4.89. The molecule has 1 atom stereocenters. The third-order valence-corrected chi connectivity index (χ3v) is 5.18. The molecule has 1 amide bonds. The number of hydrogen-bond donors (Lipinski definition) is 1. The summed E-state index contributed by atoms with van der Waals surface area (Å²) in [5, 5.41) is 7.05. The van der Waals surface area contributed by atoms with Crippen molar-refractivity contribution in [1.82, 2.24) is 14.2 Å². The zero-order valence-corrected chi connectivity index (χ0v) is 15.5. The van der Waals surface area contributed by atoms with Crippen LogP contribution in [0.2, 0.25) is 5.02 Å². The van der Waals surface area contributed by atoms with E-state index in [0.29, 0.717) is 17.1 Å². The van der Waals surface area contributed by atoms with Crippen LogP contribution >= 0.6 is 11.6 Å². The average molecular weight is 389 g/mol. The molecule has 0 bridgehead atoms. The van der Waals surface area contributed by atoms with Crippen molar-refractivity contribution in [3.63, 3.8) is 0 Å². The van der Waals surface area contributed by atoms with Gasteiger partial charge in [0.25, 0.3) is 5.56 Å². The SMILES string of the molecule is CC1CCc2nn3ccn(CC(=O)Nc4ccc(F)c(Cl)c4)c(=O)c3c2C1. The van der Waals surface area contributed by atoms with Gasteiger partial charge in [0.15, 0.2) is 0 Å². The third kappa shape index (κ3) is 3.35. The highest BCUT2D eigenvalue weighted by atomic mass is 35.5. The molecule has 0 radical (unpaired) electrons. The van der Waals surface area contributed by atoms with Crippen molar-refractivity contribution in [2.24, 2.45) is 5.92 Å². The first-order chi connectivity index (χ1) is 12.9. The van der Waals surface area contributed by atoms with E-state index >= 15 is 0 Å². The van der Waals surface area contributed by atoms with Gasteiger partial charge in [-0.3, -0.25) is 9.59 Å². The predicted octanol–water partition coefficient (Wildman–Crippen LogP) is 3.05. The first-order valence-corrected chi connectivity index (χ1v) is 9.14. The van der Waals surface area contributed by atoms with Crippen molar-refractivity contribution >= 4 is 28.7 Å². The first-order valence-electron chi connectivity index (χ1n) is 8.77. The molecule has 6 nitrogen and oxygen atoms in total. The lowest BCUT2D eigenvalue weighted by Gasteiger charge is -2.16. The molecule has 1 unspecified atom stereocenters. The summed E-state index contributed by atoms with van der Waals surface area (Å²) >= 11 is 5.72. The molecule has 0 saturated heterocycles. The van der Waals surface area contributed by atoms with E-state index in [9.17, 15) is 14.0 Å². The Labute approximate surface area is 159 Å². The Hall–Kier alpha value is -2.67. The van der Waals surface area contributed by atoms with Crippen LogP contribution in [-0.2, 0) is 24.2 Å². The lowest BCUT2D eigenvalue weighted by molar-refractivity contribution is -0.116. The van der Waals surface area contributed by atoms with Gasteiger partial charge in [-0.2, -0.15) is 5.10 Å². The van der Waals surface area contributed by atoms with Crippen LogP contribution in [0.4, 0.5) is 10.1 Å². The molecule has 1 N–H and O–H groups in total. The maximum atomic E-state index is 13.2. The van der Waals surface area contributed by atoms with E-state index in [1.807, 2.05) is 0 Å². The summed E-state index contributed by atoms with van der Waals surface area (Å²) in [6.45, 7) is 2.01. The summed E-state index contributed by atoms with van der Waals surface area (Å²) in [5.74, 6) is -0.452. The number of nitrogens with zero attached hydrogens (tertiary/aromatic N) is 3. The summed E-state index contributed by atoms with van der Waals surface area (Å²) in [7, 11) is 0. The smallest absolute Gasteiger partial charge is 0.277 e. The number of aromatic nitrogens is 3. The molecular weight excluding hydrogens is 371 g/mol. The molecule has 3 aromatic rings. The van der Waals surface area contributed by atoms with Crippen LogP contribution in [0, 0.1) is 11.7 Å². The second-order valence-electron chi connectivity index (χ2n) is 6.97. The zero-order valence-electron chi connectivity index (χ0n) is 14.7. The number of carbonyl (C=O) groups is 1. The van der Waals surface area contributed by atoms with Gasteiger partial charge >= 0.3 is 0 Å². The summed E-state index contributed by atoms with van der Waals surface area (Å²) in [5.41, 5.74) is 2.62. The Bertz CT molecular complexity index is 1110. The highest BCUT2D eigenvalue weighted by molar-refractivity contribution is 6.31. The van der Waals surface area contributed by atoms with E-state index in [1.54, 1.807) is 16.9 Å². The van der Waals surface area contributed by atoms with Crippen LogP contribution in [-0.4, -0.2) is 20.1 Å². The average Bonchev–Trinajstić information content (AvgIpc) is 2.99. The highest BCUT2D eigenvalue weighted by Gasteiger charge is 2.23. The molecule has 0 spiro atoms. The van der Waals surface area contributed by atoms with Gasteiger partial charge in [-0.25, -0.2) is 8.91 Å². The minimum Gasteiger partial charge on any atom is -0.324 e. The van der Waals surface area contributed by atoms with Gasteiger partial charge < -0.3 is 9.88 Å². The molecule has 4 rings (SSSR count). The normalized spacial score (nSPS) is 16.3. The highest BCUT2D eigenvalue weighted by Crippen LogP contribution is 2.26. The van der Waals surface area contributed by atoms with Crippen molar-refractivity contribution in [3.8, 4) is 0 Å². The number of aryl methyl sites for hydroxylation is 1. The largest absolute Gasteiger partial charge is 0.324 e. The minimum atomic E-state index is -0.559. The van der Waals surface area contributed by atoms with Gasteiger partial charge in [0.1, 0.15) is 17.9 Å². The van der Waals surface area contributed by atoms with Gasteiger partial charge in [0.05, 0.1) is 10.7 Å². The summed E-state index contributed by atoms with van der Waals surface area (Å²) in [6, 6.07) is 3.92. The van der Waals surface area contributed by atoms with Gasteiger partial charge in [-0.05, 0) is 43.4 Å². The van der Waals surface area contributed by atoms with Crippen LogP contribution in [0.15, 0.2) is 35.4 Å². The summed E-state index contributed by atoms with van der Waals surface area (Å²) in [6.07, 6.45) is 5.99. The predicted molar refractivity (Wildman–Crippen MR) is 101 cm³/mol. The Morgan fingerprint density at radius 1 is 1.41 bits per heavy atom. The number of fused-ring (bicyclic) bond motifs is 3. The molecular formula is C19H18ClFN4O2. The second kappa shape index (κ2) is 6.81. The Balaban J connectivity index is 1.61. The van der Waals surface area contributed by atoms with E-state index in [-0.39, 0.29) is 17.1 Å². The van der Waals surface area contributed by atoms with Gasteiger partial charge in [0.2, 0.25) is 5.91 Å². The minimum absolute atomic E-state index is 0.0774. The molecule has 1 aliphatic rings. The van der Waals surface area contributed by atoms with E-state index in [2.05, 4.69) is 17.3 Å². The molecule has 2 aromatic heterocycles. The molecule has 8 heteroatoms. The Morgan fingerprint density at radius 2 is 2.22 bits per heavy atom. The standard InChI is InChI=1S/C19H18ClFN4O2/c1-11-2-5-16-13(8-11)18-19(27)24(6-7-25(18)23-16)10-17(26)22-12-3-4-15(21)14(20)9-12/h3-4,6-7,9,11H,2,5,8,10H2,1H3,(H,22,26). The number of halogens is 2. The van der Waals surface area contributed by atoms with Crippen molar-refractivity contribution < 1.29 is 9.18 Å². The Kier molecular flexibility index (Phi) is 4.47. The van der Waals surface area contributed by atoms with Gasteiger partial charge in [-0.15, -0.1) is 0 Å². The number of anilines is 1. The number of benzene rings is 1. The van der Waals surface area contributed by atoms with E-state index < -0.39 is 11.7 Å². The van der Waals surface area contributed by atoms with Crippen LogP contribution in [0.3, 0.4) is 0 Å². The number of rotatable bonds is 3. The van der Waals surface area contributed by atoms with Crippen molar-refractivity contribution in [2.45, 2.75) is 32.7 Å². The molecule has 2 heterocycles. The molecule has 1 aromatic carbocycles. The van der Waals surface area contributed by atoms with E-state index in [0.717, 1.165) is 30.5 Å². The monoisotopic (exact) mass is 388 g/mol.